The summed E-state index contributed by atoms with van der Waals surface area (Å²) >= 11 is 0. The highest BCUT2D eigenvalue weighted by Gasteiger charge is 2.17. The van der Waals surface area contributed by atoms with Crippen molar-refractivity contribution >= 4 is 17.2 Å². The van der Waals surface area contributed by atoms with Crippen molar-refractivity contribution in [2.45, 2.75) is 51.5 Å². The van der Waals surface area contributed by atoms with E-state index in [2.05, 4.69) is 4.99 Å². The maximum Gasteiger partial charge on any atom is 0.205 e. The van der Waals surface area contributed by atoms with Gasteiger partial charge in [-0.2, -0.15) is 0 Å². The molecule has 0 aliphatic heterocycles. The molecule has 0 unspecified atom stereocenters. The molecule has 5 heteroatoms. The molecule has 0 amide bonds. The van der Waals surface area contributed by atoms with Gasteiger partial charge in [0.25, 0.3) is 0 Å². The van der Waals surface area contributed by atoms with Gasteiger partial charge in [0.2, 0.25) is 5.43 Å². The minimum Gasteiger partial charge on any atom is -0.492 e. The Bertz CT molecular complexity index is 832. The van der Waals surface area contributed by atoms with Crippen molar-refractivity contribution in [2.24, 2.45) is 10.9 Å². The quantitative estimate of drug-likeness (QED) is 0.795. The van der Waals surface area contributed by atoms with E-state index in [0.717, 1.165) is 0 Å². The smallest absolute Gasteiger partial charge is 0.205 e. The largest absolute Gasteiger partial charge is 0.492 e. The highest BCUT2D eigenvalue weighted by molar-refractivity contribution is 5.89. The Morgan fingerprint density at radius 3 is 2.81 bits per heavy atom. The zero-order valence-electron chi connectivity index (χ0n) is 15.5. The summed E-state index contributed by atoms with van der Waals surface area (Å²) in [4.78, 5) is 17.2. The second kappa shape index (κ2) is 8.04. The van der Waals surface area contributed by atoms with Crippen molar-refractivity contribution < 1.29 is 14.3 Å². The lowest BCUT2D eigenvalue weighted by Crippen LogP contribution is -2.23. The van der Waals surface area contributed by atoms with Crippen LogP contribution in [0.25, 0.3) is 11.0 Å². The number of aliphatic hydroxyl groups excluding tert-OH is 1. The first-order valence-corrected chi connectivity index (χ1v) is 9.33. The molecule has 3 rings (SSSR count). The van der Waals surface area contributed by atoms with Crippen LogP contribution in [0.5, 0.6) is 5.75 Å². The molecule has 1 aliphatic rings. The molecule has 0 spiro atoms. The normalized spacial score (nSPS) is 16.4. The Morgan fingerprint density at radius 1 is 1.31 bits per heavy atom. The molecule has 1 heterocycles. The van der Waals surface area contributed by atoms with Crippen LogP contribution >= 0.6 is 0 Å². The minimum absolute atomic E-state index is 0.0990. The maximum atomic E-state index is 12.9. The molecule has 0 saturated heterocycles. The third-order valence-electron chi connectivity index (χ3n) is 4.93. The lowest BCUT2D eigenvalue weighted by Gasteiger charge is -2.21. The highest BCUT2D eigenvalue weighted by Crippen LogP contribution is 2.27. The molecule has 5 nitrogen and oxygen atoms in total. The molecule has 1 saturated carbocycles. The van der Waals surface area contributed by atoms with Gasteiger partial charge in [-0.25, -0.2) is 0 Å². The Kier molecular flexibility index (Phi) is 5.77. The van der Waals surface area contributed by atoms with Crippen LogP contribution < -0.4 is 10.2 Å². The van der Waals surface area contributed by atoms with Gasteiger partial charge in [0.05, 0.1) is 24.3 Å². The van der Waals surface area contributed by atoms with Crippen molar-refractivity contribution in [3.8, 4) is 5.75 Å². The average molecular weight is 357 g/mol. The van der Waals surface area contributed by atoms with Crippen LogP contribution in [0.2, 0.25) is 0 Å². The second-order valence-electron chi connectivity index (χ2n) is 7.69. The monoisotopic (exact) mass is 357 g/mol. The topological polar surface area (TPSA) is 72.0 Å². The van der Waals surface area contributed by atoms with Gasteiger partial charge in [0.15, 0.2) is 0 Å². The summed E-state index contributed by atoms with van der Waals surface area (Å²) in [5, 5.41) is 9.77. The molecule has 2 aromatic rings. The zero-order chi connectivity index (χ0) is 18.6. The van der Waals surface area contributed by atoms with E-state index < -0.39 is 5.54 Å². The van der Waals surface area contributed by atoms with E-state index in [1.807, 2.05) is 12.1 Å². The minimum atomic E-state index is -0.640. The van der Waals surface area contributed by atoms with Crippen LogP contribution in [0.15, 0.2) is 38.7 Å². The van der Waals surface area contributed by atoms with Crippen LogP contribution in [-0.2, 0) is 0 Å². The van der Waals surface area contributed by atoms with Gasteiger partial charge in [0, 0.05) is 6.21 Å². The Balaban J connectivity index is 1.89. The molecule has 1 aromatic carbocycles. The van der Waals surface area contributed by atoms with Gasteiger partial charge in [-0.1, -0.05) is 25.3 Å². The van der Waals surface area contributed by atoms with Gasteiger partial charge in [-0.05, 0) is 44.7 Å². The van der Waals surface area contributed by atoms with Crippen LogP contribution in [0.1, 0.15) is 51.5 Å². The Hall–Kier alpha value is -2.14. The molecule has 1 aliphatic carbocycles. The van der Waals surface area contributed by atoms with Gasteiger partial charge in [-0.15, -0.1) is 0 Å². The molecule has 0 radical (unpaired) electrons. The van der Waals surface area contributed by atoms with Crippen LogP contribution in [-0.4, -0.2) is 30.1 Å². The number of fused-ring (bicyclic) bond motifs is 1. The summed E-state index contributed by atoms with van der Waals surface area (Å²) in [6, 6.07) is 5.42. The first-order chi connectivity index (χ1) is 12.5. The van der Waals surface area contributed by atoms with Gasteiger partial charge >= 0.3 is 0 Å². The van der Waals surface area contributed by atoms with Crippen molar-refractivity contribution in [2.75, 3.05) is 13.2 Å². The molecular weight excluding hydrogens is 330 g/mol. The fraction of sp³-hybridized carbons (Fsp3) is 0.524. The standard InChI is InChI=1S/C21H27NO4/c1-21(2,14-23)22-11-16-13-26-18-10-6-9-17(19(18)20(16)24)25-12-15-7-4-3-5-8-15/h6,9-11,13,15,23H,3-5,7-8,12,14H2,1-2H3. The molecule has 140 valence electrons. The maximum absolute atomic E-state index is 12.9. The number of aliphatic imine (C=N–C) groups is 1. The lowest BCUT2D eigenvalue weighted by molar-refractivity contribution is 0.210. The van der Waals surface area contributed by atoms with E-state index in [1.54, 1.807) is 19.9 Å². The summed E-state index contributed by atoms with van der Waals surface area (Å²) in [6.07, 6.45) is 9.08. The predicted molar refractivity (Wildman–Crippen MR) is 103 cm³/mol. The number of hydrogen-bond donors (Lipinski definition) is 1. The number of hydrogen-bond acceptors (Lipinski definition) is 5. The summed E-state index contributed by atoms with van der Waals surface area (Å²) in [5.74, 6) is 1.12. The summed E-state index contributed by atoms with van der Waals surface area (Å²) < 4.78 is 11.6. The molecule has 0 bridgehead atoms. The Labute approximate surface area is 153 Å². The third-order valence-corrected chi connectivity index (χ3v) is 4.93. The van der Waals surface area contributed by atoms with E-state index in [1.165, 1.54) is 44.6 Å². The zero-order valence-corrected chi connectivity index (χ0v) is 15.5. The number of nitrogens with zero attached hydrogens (tertiary/aromatic N) is 1. The SMILES string of the molecule is CC(C)(CO)N=Cc1coc2cccc(OCC3CCCCC3)c2c1=O. The molecule has 26 heavy (non-hydrogen) atoms. The molecule has 0 atom stereocenters. The molecule has 1 N–H and O–H groups in total. The second-order valence-corrected chi connectivity index (χ2v) is 7.69. The fourth-order valence-electron chi connectivity index (χ4n) is 3.21. The predicted octanol–water partition coefficient (Wildman–Crippen LogP) is 3.94. The number of aliphatic hydroxyl groups is 1. The van der Waals surface area contributed by atoms with Crippen LogP contribution in [0.4, 0.5) is 0 Å². The van der Waals surface area contributed by atoms with E-state index in [-0.39, 0.29) is 12.0 Å². The van der Waals surface area contributed by atoms with E-state index >= 15 is 0 Å². The summed E-state index contributed by atoms with van der Waals surface area (Å²) in [7, 11) is 0. The van der Waals surface area contributed by atoms with E-state index in [0.29, 0.717) is 34.8 Å². The summed E-state index contributed by atoms with van der Waals surface area (Å²) in [6.45, 7) is 4.13. The summed E-state index contributed by atoms with van der Waals surface area (Å²) in [5.41, 5.74) is 0.0590. The first kappa shape index (κ1) is 18.6. The van der Waals surface area contributed by atoms with Gasteiger partial charge < -0.3 is 14.3 Å². The van der Waals surface area contributed by atoms with Crippen LogP contribution in [0, 0.1) is 5.92 Å². The third kappa shape index (κ3) is 4.33. The van der Waals surface area contributed by atoms with E-state index in [9.17, 15) is 9.90 Å². The average Bonchev–Trinajstić information content (AvgIpc) is 2.66. The van der Waals surface area contributed by atoms with E-state index in [4.69, 9.17) is 9.15 Å². The van der Waals surface area contributed by atoms with Crippen molar-refractivity contribution in [3.63, 3.8) is 0 Å². The number of ether oxygens (including phenoxy) is 1. The van der Waals surface area contributed by atoms with Crippen molar-refractivity contribution in [1.82, 2.24) is 0 Å². The van der Waals surface area contributed by atoms with Gasteiger partial charge in [-0.3, -0.25) is 9.79 Å². The number of rotatable bonds is 6. The van der Waals surface area contributed by atoms with Crippen molar-refractivity contribution in [1.29, 1.82) is 0 Å². The lowest BCUT2D eigenvalue weighted by atomic mass is 9.90. The molecule has 1 aromatic heterocycles. The van der Waals surface area contributed by atoms with Crippen molar-refractivity contribution in [3.05, 3.63) is 40.2 Å². The highest BCUT2D eigenvalue weighted by atomic mass is 16.5. The number of benzene rings is 1. The van der Waals surface area contributed by atoms with Crippen LogP contribution in [0.3, 0.4) is 0 Å². The molecule has 1 fully saturated rings. The Morgan fingerprint density at radius 2 is 2.08 bits per heavy atom. The first-order valence-electron chi connectivity index (χ1n) is 9.33. The molecular formula is C21H27NO4. The van der Waals surface area contributed by atoms with Gasteiger partial charge in [0.1, 0.15) is 23.0 Å². The fourth-order valence-corrected chi connectivity index (χ4v) is 3.21.